The van der Waals surface area contributed by atoms with E-state index in [1.54, 1.807) is 6.08 Å². The average Bonchev–Trinajstić information content (AvgIpc) is 2.45. The van der Waals surface area contributed by atoms with Gasteiger partial charge < -0.3 is 9.84 Å². The molecule has 0 amide bonds. The van der Waals surface area contributed by atoms with Crippen molar-refractivity contribution in [1.29, 1.82) is 0 Å². The molecule has 0 spiro atoms. The molecule has 0 radical (unpaired) electrons. The highest BCUT2D eigenvalue weighted by Crippen LogP contribution is 2.14. The van der Waals surface area contributed by atoms with Crippen LogP contribution in [-0.4, -0.2) is 23.9 Å². The molecule has 2 heteroatoms. The Kier molecular flexibility index (Phi) is 1.65. The Hall–Kier alpha value is -0.340. The van der Waals surface area contributed by atoms with Crippen LogP contribution in [0.4, 0.5) is 0 Å². The van der Waals surface area contributed by atoms with Crippen LogP contribution in [0.3, 0.4) is 0 Å². The fourth-order valence-electron chi connectivity index (χ4n) is 0.574. The third-order valence-corrected chi connectivity index (χ3v) is 1.13. The van der Waals surface area contributed by atoms with Crippen LogP contribution in [0, 0.1) is 0 Å². The first-order valence-corrected chi connectivity index (χ1v) is 2.77. The number of aliphatic hydroxyl groups is 1. The van der Waals surface area contributed by atoms with E-state index in [0.717, 1.165) is 0 Å². The monoisotopic (exact) mass is 114 g/mol. The molecule has 0 aliphatic carbocycles. The Morgan fingerprint density at radius 1 is 1.88 bits per heavy atom. The highest BCUT2D eigenvalue weighted by Gasteiger charge is 2.28. The van der Waals surface area contributed by atoms with Gasteiger partial charge in [-0.15, -0.1) is 0 Å². The van der Waals surface area contributed by atoms with Gasteiger partial charge in [-0.05, 0) is 6.92 Å². The van der Waals surface area contributed by atoms with Crippen molar-refractivity contribution in [1.82, 2.24) is 0 Å². The topological polar surface area (TPSA) is 32.8 Å². The smallest absolute Gasteiger partial charge is 0.110 e. The summed E-state index contributed by atoms with van der Waals surface area (Å²) in [5, 5.41) is 8.98. The first-order chi connectivity index (χ1) is 3.84. The molecule has 8 heavy (non-hydrogen) atoms. The Morgan fingerprint density at radius 3 is 2.88 bits per heavy atom. The summed E-state index contributed by atoms with van der Waals surface area (Å²) in [5.41, 5.74) is 0. The van der Waals surface area contributed by atoms with E-state index in [2.05, 4.69) is 0 Å². The molecule has 0 aromatic rings. The molecule has 0 bridgehead atoms. The van der Waals surface area contributed by atoms with Crippen LogP contribution in [0.2, 0.25) is 0 Å². The number of hydrogen-bond acceptors (Lipinski definition) is 2. The zero-order valence-electron chi connectivity index (χ0n) is 4.87. The van der Waals surface area contributed by atoms with Gasteiger partial charge in [-0.3, -0.25) is 0 Å². The number of aliphatic hydroxyl groups excluding tert-OH is 1. The Labute approximate surface area is 48.8 Å². The van der Waals surface area contributed by atoms with Crippen molar-refractivity contribution in [2.45, 2.75) is 19.1 Å². The lowest BCUT2D eigenvalue weighted by molar-refractivity contribution is 0.178. The number of allylic oxidation sites excluding steroid dienone is 1. The van der Waals surface area contributed by atoms with E-state index in [0.29, 0.717) is 6.61 Å². The lowest BCUT2D eigenvalue weighted by Gasteiger charge is -1.95. The van der Waals surface area contributed by atoms with E-state index >= 15 is 0 Å². The molecule has 0 unspecified atom stereocenters. The van der Waals surface area contributed by atoms with Crippen molar-refractivity contribution < 1.29 is 9.84 Å². The predicted octanol–water partition coefficient (Wildman–Crippen LogP) is 0.322. The molecule has 0 saturated carbocycles. The number of rotatable bonds is 2. The van der Waals surface area contributed by atoms with Crippen molar-refractivity contribution in [2.75, 3.05) is 6.61 Å². The van der Waals surface area contributed by atoms with Crippen LogP contribution in [0.5, 0.6) is 0 Å². The van der Waals surface area contributed by atoms with Gasteiger partial charge in [0.15, 0.2) is 0 Å². The minimum absolute atomic E-state index is 0.0891. The fourth-order valence-corrected chi connectivity index (χ4v) is 0.574. The minimum atomic E-state index is -0.375. The first kappa shape index (κ1) is 5.79. The van der Waals surface area contributed by atoms with E-state index in [1.807, 2.05) is 13.0 Å². The van der Waals surface area contributed by atoms with Crippen molar-refractivity contribution in [3.63, 3.8) is 0 Å². The summed E-state index contributed by atoms with van der Waals surface area (Å²) in [6, 6.07) is 0. The Morgan fingerprint density at radius 2 is 2.50 bits per heavy atom. The molecule has 1 saturated heterocycles. The van der Waals surface area contributed by atoms with E-state index < -0.39 is 0 Å². The van der Waals surface area contributed by atoms with E-state index in [1.165, 1.54) is 0 Å². The van der Waals surface area contributed by atoms with Gasteiger partial charge in [-0.1, -0.05) is 12.2 Å². The second kappa shape index (κ2) is 2.29. The lowest BCUT2D eigenvalue weighted by atomic mass is 10.2. The highest BCUT2D eigenvalue weighted by atomic mass is 16.6. The van der Waals surface area contributed by atoms with Crippen molar-refractivity contribution in [3.05, 3.63) is 12.2 Å². The van der Waals surface area contributed by atoms with E-state index in [9.17, 15) is 0 Å². The zero-order valence-corrected chi connectivity index (χ0v) is 4.87. The van der Waals surface area contributed by atoms with Crippen molar-refractivity contribution in [3.8, 4) is 0 Å². The summed E-state index contributed by atoms with van der Waals surface area (Å²) >= 11 is 0. The van der Waals surface area contributed by atoms with Gasteiger partial charge in [0, 0.05) is 0 Å². The highest BCUT2D eigenvalue weighted by molar-refractivity contribution is 4.94. The fraction of sp³-hybridized carbons (Fsp3) is 0.667. The van der Waals surface area contributed by atoms with Crippen molar-refractivity contribution in [2.24, 2.45) is 0 Å². The van der Waals surface area contributed by atoms with E-state index in [-0.39, 0.29) is 12.2 Å². The standard InChI is InChI=1S/C6H10O2/c1-2-3-5(7)6-4-8-6/h2-3,5-7H,4H2,1H3/b3-2+/t5-,6-/m1/s1. The van der Waals surface area contributed by atoms with Crippen molar-refractivity contribution >= 4 is 0 Å². The van der Waals surface area contributed by atoms with Gasteiger partial charge in [0.1, 0.15) is 12.2 Å². The van der Waals surface area contributed by atoms with Crippen LogP contribution < -0.4 is 0 Å². The molecular formula is C6H10O2. The summed E-state index contributed by atoms with van der Waals surface area (Å²) in [4.78, 5) is 0. The van der Waals surface area contributed by atoms with E-state index in [4.69, 9.17) is 9.84 Å². The average molecular weight is 114 g/mol. The second-order valence-electron chi connectivity index (χ2n) is 1.89. The van der Waals surface area contributed by atoms with Gasteiger partial charge >= 0.3 is 0 Å². The molecule has 1 rings (SSSR count). The minimum Gasteiger partial charge on any atom is -0.386 e. The van der Waals surface area contributed by atoms with Crippen LogP contribution in [-0.2, 0) is 4.74 Å². The number of epoxide rings is 1. The molecule has 2 atom stereocenters. The molecule has 0 aromatic carbocycles. The van der Waals surface area contributed by atoms with Gasteiger partial charge in [0.2, 0.25) is 0 Å². The van der Waals surface area contributed by atoms with Gasteiger partial charge in [0.25, 0.3) is 0 Å². The molecule has 0 aromatic heterocycles. The zero-order chi connectivity index (χ0) is 5.98. The second-order valence-corrected chi connectivity index (χ2v) is 1.89. The van der Waals surface area contributed by atoms with Gasteiger partial charge in [-0.2, -0.15) is 0 Å². The first-order valence-electron chi connectivity index (χ1n) is 2.77. The molecule has 46 valence electrons. The molecular weight excluding hydrogens is 104 g/mol. The summed E-state index contributed by atoms with van der Waals surface area (Å²) in [6.07, 6.45) is 3.27. The molecule has 1 aliphatic heterocycles. The maximum atomic E-state index is 8.98. The Bertz CT molecular complexity index is 94.7. The molecule has 2 nitrogen and oxygen atoms in total. The third kappa shape index (κ3) is 1.32. The van der Waals surface area contributed by atoms with Crippen LogP contribution in [0.1, 0.15) is 6.92 Å². The largest absolute Gasteiger partial charge is 0.386 e. The molecule has 1 N–H and O–H groups in total. The quantitative estimate of drug-likeness (QED) is 0.414. The Balaban J connectivity index is 2.22. The predicted molar refractivity (Wildman–Crippen MR) is 30.6 cm³/mol. The van der Waals surface area contributed by atoms with Gasteiger partial charge in [-0.25, -0.2) is 0 Å². The van der Waals surface area contributed by atoms with Crippen LogP contribution >= 0.6 is 0 Å². The maximum absolute atomic E-state index is 8.98. The number of ether oxygens (including phenoxy) is 1. The van der Waals surface area contributed by atoms with Crippen LogP contribution in [0.15, 0.2) is 12.2 Å². The molecule has 1 heterocycles. The molecule has 1 fully saturated rings. The summed E-state index contributed by atoms with van der Waals surface area (Å²) < 4.78 is 4.82. The third-order valence-electron chi connectivity index (χ3n) is 1.13. The summed E-state index contributed by atoms with van der Waals surface area (Å²) in [6.45, 7) is 2.59. The maximum Gasteiger partial charge on any atom is 0.110 e. The SMILES string of the molecule is C/C=C/[C@@H](O)[C@H]1CO1. The number of hydrogen-bond donors (Lipinski definition) is 1. The van der Waals surface area contributed by atoms with Crippen LogP contribution in [0.25, 0.3) is 0 Å². The molecule has 1 aliphatic rings. The lowest BCUT2D eigenvalue weighted by Crippen LogP contribution is -2.09. The normalized spacial score (nSPS) is 31.0. The summed E-state index contributed by atoms with van der Waals surface area (Å²) in [7, 11) is 0. The summed E-state index contributed by atoms with van der Waals surface area (Å²) in [5.74, 6) is 0. The van der Waals surface area contributed by atoms with Gasteiger partial charge in [0.05, 0.1) is 6.61 Å².